The van der Waals surface area contributed by atoms with Crippen molar-refractivity contribution in [3.8, 4) is 0 Å². The van der Waals surface area contributed by atoms with Crippen LogP contribution in [0.2, 0.25) is 0 Å². The van der Waals surface area contributed by atoms with Gasteiger partial charge in [-0.05, 0) is 80.6 Å². The van der Waals surface area contributed by atoms with E-state index in [1.54, 1.807) is 10.4 Å². The summed E-state index contributed by atoms with van der Waals surface area (Å²) in [6, 6.07) is 13.7. The van der Waals surface area contributed by atoms with Crippen molar-refractivity contribution in [1.82, 2.24) is 14.5 Å². The molecule has 0 spiro atoms. The van der Waals surface area contributed by atoms with Crippen LogP contribution in [0.15, 0.2) is 47.4 Å². The van der Waals surface area contributed by atoms with Gasteiger partial charge in [0.1, 0.15) is 0 Å². The number of piperidine rings is 1. The molecule has 32 heavy (non-hydrogen) atoms. The second kappa shape index (κ2) is 9.73. The number of benzene rings is 2. The normalized spacial score (nSPS) is 17.5. The number of sulfonamides is 1. The average Bonchev–Trinajstić information content (AvgIpc) is 3.26. The third-order valence-electron chi connectivity index (χ3n) is 6.59. The first-order valence-corrected chi connectivity index (χ1v) is 12.9. The molecule has 0 saturated carbocycles. The molecule has 6 nitrogen and oxygen atoms in total. The Morgan fingerprint density at radius 2 is 1.72 bits per heavy atom. The molecule has 2 aliphatic rings. The summed E-state index contributed by atoms with van der Waals surface area (Å²) in [5, 5.41) is 3.07. The highest BCUT2D eigenvalue weighted by atomic mass is 32.2. The molecule has 0 unspecified atom stereocenters. The zero-order valence-electron chi connectivity index (χ0n) is 19.0. The predicted octanol–water partition coefficient (Wildman–Crippen LogP) is 2.95. The number of fused-ring (bicyclic) bond motifs is 1. The summed E-state index contributed by atoms with van der Waals surface area (Å²) in [5.74, 6) is -0.137. The Morgan fingerprint density at radius 1 is 1.03 bits per heavy atom. The fourth-order valence-corrected chi connectivity index (χ4v) is 6.29. The van der Waals surface area contributed by atoms with Crippen LogP contribution in [0.1, 0.15) is 41.5 Å². The van der Waals surface area contributed by atoms with Crippen LogP contribution in [0.5, 0.6) is 0 Å². The van der Waals surface area contributed by atoms with Crippen LogP contribution in [0, 0.1) is 5.92 Å². The van der Waals surface area contributed by atoms with E-state index in [1.807, 2.05) is 44.4 Å². The lowest BCUT2D eigenvalue weighted by Crippen LogP contribution is -2.42. The van der Waals surface area contributed by atoms with Crippen molar-refractivity contribution in [3.63, 3.8) is 0 Å². The summed E-state index contributed by atoms with van der Waals surface area (Å²) in [6.45, 7) is 2.09. The number of nitrogens with zero attached hydrogens (tertiary/aromatic N) is 2. The minimum Gasteiger partial charge on any atom is -0.352 e. The SMILES string of the molecule is CN(C)Cc1ccccc1CNC(=O)C1CCN(S(=O)(=O)c2ccc3c(c2)CCC3)CC1. The number of hydrogen-bond acceptors (Lipinski definition) is 4. The van der Waals surface area contributed by atoms with Crippen LogP contribution in [-0.2, 0) is 40.7 Å². The second-order valence-electron chi connectivity index (χ2n) is 9.19. The number of aryl methyl sites for hydroxylation is 2. The highest BCUT2D eigenvalue weighted by molar-refractivity contribution is 7.89. The molecule has 1 fully saturated rings. The van der Waals surface area contributed by atoms with Crippen molar-refractivity contribution in [2.75, 3.05) is 27.2 Å². The highest BCUT2D eigenvalue weighted by Crippen LogP contribution is 2.28. The number of hydrogen-bond donors (Lipinski definition) is 1. The quantitative estimate of drug-likeness (QED) is 0.697. The fraction of sp³-hybridized carbons (Fsp3) is 0.480. The maximum absolute atomic E-state index is 13.1. The summed E-state index contributed by atoms with van der Waals surface area (Å²) in [5.41, 5.74) is 4.75. The van der Waals surface area contributed by atoms with E-state index in [0.29, 0.717) is 37.4 Å². The van der Waals surface area contributed by atoms with Gasteiger partial charge in [-0.2, -0.15) is 4.31 Å². The third-order valence-corrected chi connectivity index (χ3v) is 8.49. The van der Waals surface area contributed by atoms with E-state index in [1.165, 1.54) is 11.1 Å². The van der Waals surface area contributed by atoms with Gasteiger partial charge in [-0.25, -0.2) is 8.42 Å². The lowest BCUT2D eigenvalue weighted by atomic mass is 9.97. The van der Waals surface area contributed by atoms with Crippen LogP contribution in [0.25, 0.3) is 0 Å². The summed E-state index contributed by atoms with van der Waals surface area (Å²) >= 11 is 0. The zero-order valence-corrected chi connectivity index (χ0v) is 19.8. The molecular formula is C25H33N3O3S. The molecule has 2 aromatic rings. The molecule has 0 aromatic heterocycles. The molecule has 4 rings (SSSR count). The summed E-state index contributed by atoms with van der Waals surface area (Å²) in [6.07, 6.45) is 4.19. The number of amides is 1. The average molecular weight is 456 g/mol. The Hall–Kier alpha value is -2.22. The van der Waals surface area contributed by atoms with Gasteiger partial charge in [0, 0.05) is 32.1 Å². The van der Waals surface area contributed by atoms with Crippen LogP contribution in [-0.4, -0.2) is 50.7 Å². The van der Waals surface area contributed by atoms with Crippen molar-refractivity contribution in [2.24, 2.45) is 5.92 Å². The van der Waals surface area contributed by atoms with Crippen molar-refractivity contribution in [1.29, 1.82) is 0 Å². The number of carbonyl (C=O) groups is 1. The van der Waals surface area contributed by atoms with Crippen molar-refractivity contribution in [3.05, 3.63) is 64.7 Å². The van der Waals surface area contributed by atoms with Gasteiger partial charge in [-0.3, -0.25) is 4.79 Å². The lowest BCUT2D eigenvalue weighted by Gasteiger charge is -2.30. The Kier molecular flexibility index (Phi) is 6.98. The first kappa shape index (κ1) is 23.0. The van der Waals surface area contributed by atoms with Gasteiger partial charge in [-0.1, -0.05) is 30.3 Å². The van der Waals surface area contributed by atoms with Gasteiger partial charge in [0.15, 0.2) is 0 Å². The second-order valence-corrected chi connectivity index (χ2v) is 11.1. The molecule has 1 N–H and O–H groups in total. The molecule has 0 radical (unpaired) electrons. The minimum atomic E-state index is -3.51. The molecule has 1 aliphatic heterocycles. The van der Waals surface area contributed by atoms with Gasteiger partial charge in [0.25, 0.3) is 0 Å². The predicted molar refractivity (Wildman–Crippen MR) is 126 cm³/mol. The standard InChI is InChI=1S/C25H33N3O3S/c1-27(2)18-23-7-4-3-6-22(23)17-26-25(29)20-12-14-28(15-13-20)32(30,31)24-11-10-19-8-5-9-21(19)16-24/h3-4,6-7,10-11,16,20H,5,8-9,12-15,17-18H2,1-2H3,(H,26,29). The van der Waals surface area contributed by atoms with Gasteiger partial charge >= 0.3 is 0 Å². The van der Waals surface area contributed by atoms with Gasteiger partial charge in [0.2, 0.25) is 15.9 Å². The third kappa shape index (κ3) is 5.05. The molecule has 1 aliphatic carbocycles. The maximum atomic E-state index is 13.1. The van der Waals surface area contributed by atoms with E-state index in [4.69, 9.17) is 0 Å². The van der Waals surface area contributed by atoms with E-state index < -0.39 is 10.0 Å². The van der Waals surface area contributed by atoms with Gasteiger partial charge in [-0.15, -0.1) is 0 Å². The number of rotatable bonds is 7. The zero-order chi connectivity index (χ0) is 22.7. The lowest BCUT2D eigenvalue weighted by molar-refractivity contribution is -0.126. The maximum Gasteiger partial charge on any atom is 0.243 e. The first-order chi connectivity index (χ1) is 15.3. The largest absolute Gasteiger partial charge is 0.352 e. The Balaban J connectivity index is 1.33. The van der Waals surface area contributed by atoms with Crippen molar-refractivity contribution < 1.29 is 13.2 Å². The molecule has 1 amide bonds. The number of nitrogens with one attached hydrogen (secondary N) is 1. The monoisotopic (exact) mass is 455 g/mol. The van der Waals surface area contributed by atoms with E-state index in [0.717, 1.165) is 36.9 Å². The minimum absolute atomic E-state index is 0.0132. The molecule has 0 bridgehead atoms. The Labute approximate surface area is 191 Å². The van der Waals surface area contributed by atoms with Gasteiger partial charge in [0.05, 0.1) is 4.90 Å². The topological polar surface area (TPSA) is 69.7 Å². The molecule has 7 heteroatoms. The Morgan fingerprint density at radius 3 is 2.44 bits per heavy atom. The summed E-state index contributed by atoms with van der Waals surface area (Å²) in [4.78, 5) is 15.3. The van der Waals surface area contributed by atoms with Crippen molar-refractivity contribution in [2.45, 2.75) is 50.1 Å². The van der Waals surface area contributed by atoms with E-state index in [9.17, 15) is 13.2 Å². The van der Waals surface area contributed by atoms with E-state index in [2.05, 4.69) is 16.3 Å². The molecular weight excluding hydrogens is 422 g/mol. The molecule has 1 heterocycles. The van der Waals surface area contributed by atoms with E-state index in [-0.39, 0.29) is 11.8 Å². The van der Waals surface area contributed by atoms with Crippen LogP contribution >= 0.6 is 0 Å². The van der Waals surface area contributed by atoms with Gasteiger partial charge < -0.3 is 10.2 Å². The Bertz CT molecular complexity index is 1070. The summed E-state index contributed by atoms with van der Waals surface area (Å²) in [7, 11) is 0.547. The fourth-order valence-electron chi connectivity index (χ4n) is 4.77. The molecule has 172 valence electrons. The van der Waals surface area contributed by atoms with Crippen molar-refractivity contribution >= 4 is 15.9 Å². The van der Waals surface area contributed by atoms with Crippen LogP contribution in [0.4, 0.5) is 0 Å². The molecule has 0 atom stereocenters. The highest BCUT2D eigenvalue weighted by Gasteiger charge is 2.32. The summed E-state index contributed by atoms with van der Waals surface area (Å²) < 4.78 is 27.8. The first-order valence-electron chi connectivity index (χ1n) is 11.5. The molecule has 2 aromatic carbocycles. The van der Waals surface area contributed by atoms with Crippen LogP contribution < -0.4 is 5.32 Å². The van der Waals surface area contributed by atoms with Crippen LogP contribution in [0.3, 0.4) is 0 Å². The van der Waals surface area contributed by atoms with E-state index >= 15 is 0 Å². The molecule has 1 saturated heterocycles. The smallest absolute Gasteiger partial charge is 0.243 e. The number of carbonyl (C=O) groups excluding carboxylic acids is 1.